The molecular formula is C20H26ClF2N3O2. The molecule has 0 saturated carbocycles. The number of amides is 2. The minimum Gasteiger partial charge on any atom is -0.352 e. The first-order valence-corrected chi connectivity index (χ1v) is 10.2. The van der Waals surface area contributed by atoms with Gasteiger partial charge in [0.2, 0.25) is 5.91 Å². The Balaban J connectivity index is 1.40. The van der Waals surface area contributed by atoms with E-state index in [1.165, 1.54) is 12.1 Å². The van der Waals surface area contributed by atoms with Crippen LogP contribution < -0.4 is 5.32 Å². The molecule has 0 bridgehead atoms. The molecule has 1 atom stereocenters. The number of halogens is 3. The standard InChI is InChI=1S/C20H26ClF2N3O2/c21-16-8-15(9-17(23)10-16)20(28)24-12-14-3-6-25(7-4-14)13-19(27)26-5-1-2-18(26)11-22/h8-10,14,18H,1-7,11-13H2,(H,24,28)/t18-/m1/s1. The minimum atomic E-state index is -0.538. The molecule has 8 heteroatoms. The van der Waals surface area contributed by atoms with Crippen LogP contribution in [0.4, 0.5) is 8.78 Å². The van der Waals surface area contributed by atoms with E-state index >= 15 is 0 Å². The Bertz CT molecular complexity index is 690. The van der Waals surface area contributed by atoms with E-state index in [0.29, 0.717) is 25.6 Å². The number of piperidine rings is 1. The van der Waals surface area contributed by atoms with Crippen LogP contribution >= 0.6 is 11.6 Å². The molecule has 154 valence electrons. The lowest BCUT2D eigenvalue weighted by Crippen LogP contribution is -2.46. The van der Waals surface area contributed by atoms with E-state index in [2.05, 4.69) is 10.2 Å². The van der Waals surface area contributed by atoms with Crippen molar-refractivity contribution < 1.29 is 18.4 Å². The highest BCUT2D eigenvalue weighted by Crippen LogP contribution is 2.20. The van der Waals surface area contributed by atoms with Crippen LogP contribution in [0, 0.1) is 11.7 Å². The number of hydrogen-bond acceptors (Lipinski definition) is 3. The topological polar surface area (TPSA) is 52.7 Å². The van der Waals surface area contributed by atoms with E-state index in [1.54, 1.807) is 4.90 Å². The highest BCUT2D eigenvalue weighted by atomic mass is 35.5. The number of likely N-dealkylation sites (tertiary alicyclic amines) is 2. The smallest absolute Gasteiger partial charge is 0.251 e. The predicted molar refractivity (Wildman–Crippen MR) is 104 cm³/mol. The third-order valence-electron chi connectivity index (χ3n) is 5.62. The van der Waals surface area contributed by atoms with Crippen LogP contribution in [0.2, 0.25) is 5.02 Å². The van der Waals surface area contributed by atoms with Gasteiger partial charge < -0.3 is 10.2 Å². The molecule has 2 amide bonds. The Labute approximate surface area is 169 Å². The van der Waals surface area contributed by atoms with Crippen molar-refractivity contribution in [2.24, 2.45) is 5.92 Å². The monoisotopic (exact) mass is 413 g/mol. The largest absolute Gasteiger partial charge is 0.352 e. The Morgan fingerprint density at radius 1 is 1.14 bits per heavy atom. The van der Waals surface area contributed by atoms with Gasteiger partial charge in [-0.2, -0.15) is 0 Å². The molecule has 0 aliphatic carbocycles. The average molecular weight is 414 g/mol. The highest BCUT2D eigenvalue weighted by Gasteiger charge is 2.30. The lowest BCUT2D eigenvalue weighted by atomic mass is 9.96. The summed E-state index contributed by atoms with van der Waals surface area (Å²) >= 11 is 5.79. The van der Waals surface area contributed by atoms with Gasteiger partial charge in [-0.25, -0.2) is 8.78 Å². The van der Waals surface area contributed by atoms with Crippen molar-refractivity contribution in [3.8, 4) is 0 Å². The van der Waals surface area contributed by atoms with Crippen LogP contribution in [0.15, 0.2) is 18.2 Å². The molecule has 0 unspecified atom stereocenters. The number of carbonyl (C=O) groups excluding carboxylic acids is 2. The van der Waals surface area contributed by atoms with Crippen molar-refractivity contribution in [1.29, 1.82) is 0 Å². The summed E-state index contributed by atoms with van der Waals surface area (Å²) in [7, 11) is 0. The maximum atomic E-state index is 13.4. The molecular weight excluding hydrogens is 388 g/mol. The van der Waals surface area contributed by atoms with Gasteiger partial charge in [-0.3, -0.25) is 14.5 Å². The molecule has 2 heterocycles. The van der Waals surface area contributed by atoms with Gasteiger partial charge in [0.25, 0.3) is 5.91 Å². The first kappa shape index (κ1) is 21.0. The van der Waals surface area contributed by atoms with Gasteiger partial charge in [0, 0.05) is 23.7 Å². The van der Waals surface area contributed by atoms with E-state index < -0.39 is 12.5 Å². The normalized spacial score (nSPS) is 21.1. The van der Waals surface area contributed by atoms with E-state index in [4.69, 9.17) is 11.6 Å². The van der Waals surface area contributed by atoms with Crippen LogP contribution in [0.3, 0.4) is 0 Å². The molecule has 1 aromatic carbocycles. The quantitative estimate of drug-likeness (QED) is 0.780. The second-order valence-corrected chi connectivity index (χ2v) is 8.06. The zero-order valence-corrected chi connectivity index (χ0v) is 16.6. The van der Waals surface area contributed by atoms with Crippen molar-refractivity contribution in [2.45, 2.75) is 31.7 Å². The Morgan fingerprint density at radius 2 is 1.89 bits per heavy atom. The molecule has 1 N–H and O–H groups in total. The van der Waals surface area contributed by atoms with Gasteiger partial charge in [-0.1, -0.05) is 11.6 Å². The fraction of sp³-hybridized carbons (Fsp3) is 0.600. The predicted octanol–water partition coefficient (Wildman–Crippen LogP) is 2.88. The highest BCUT2D eigenvalue weighted by molar-refractivity contribution is 6.31. The maximum absolute atomic E-state index is 13.4. The number of nitrogens with zero attached hydrogens (tertiary/aromatic N) is 2. The number of alkyl halides is 1. The minimum absolute atomic E-state index is 0.00915. The molecule has 0 spiro atoms. The van der Waals surface area contributed by atoms with Crippen LogP contribution in [-0.2, 0) is 4.79 Å². The Hall–Kier alpha value is -1.73. The molecule has 28 heavy (non-hydrogen) atoms. The van der Waals surface area contributed by atoms with E-state index in [9.17, 15) is 18.4 Å². The van der Waals surface area contributed by atoms with Crippen LogP contribution in [0.5, 0.6) is 0 Å². The Kier molecular flexibility index (Phi) is 7.24. The third kappa shape index (κ3) is 5.41. The first-order chi connectivity index (χ1) is 13.5. The fourth-order valence-corrected chi connectivity index (χ4v) is 4.20. The number of rotatable bonds is 6. The second-order valence-electron chi connectivity index (χ2n) is 7.63. The van der Waals surface area contributed by atoms with Crippen LogP contribution in [0.1, 0.15) is 36.0 Å². The van der Waals surface area contributed by atoms with E-state index in [-0.39, 0.29) is 28.4 Å². The van der Waals surface area contributed by atoms with Gasteiger partial charge in [0.05, 0.1) is 12.6 Å². The van der Waals surface area contributed by atoms with Gasteiger partial charge >= 0.3 is 0 Å². The summed E-state index contributed by atoms with van der Waals surface area (Å²) in [5.41, 5.74) is 0.209. The second kappa shape index (κ2) is 9.65. The van der Waals surface area contributed by atoms with E-state index in [0.717, 1.165) is 44.8 Å². The summed E-state index contributed by atoms with van der Waals surface area (Å²) in [6.07, 6.45) is 3.35. The Morgan fingerprint density at radius 3 is 2.57 bits per heavy atom. The molecule has 2 aliphatic rings. The molecule has 0 aromatic heterocycles. The lowest BCUT2D eigenvalue weighted by molar-refractivity contribution is -0.133. The third-order valence-corrected chi connectivity index (χ3v) is 5.84. The first-order valence-electron chi connectivity index (χ1n) is 9.78. The molecule has 2 saturated heterocycles. The molecule has 1 aromatic rings. The summed E-state index contributed by atoms with van der Waals surface area (Å²) in [5.74, 6) is -0.562. The number of nitrogens with one attached hydrogen (secondary N) is 1. The molecule has 2 fully saturated rings. The number of hydrogen-bond donors (Lipinski definition) is 1. The van der Waals surface area contributed by atoms with Gasteiger partial charge in [0.1, 0.15) is 12.5 Å². The van der Waals surface area contributed by atoms with Crippen molar-refractivity contribution in [3.05, 3.63) is 34.6 Å². The fourth-order valence-electron chi connectivity index (χ4n) is 3.98. The SMILES string of the molecule is O=C(NCC1CCN(CC(=O)N2CCC[C@@H]2CF)CC1)c1cc(F)cc(Cl)c1. The van der Waals surface area contributed by atoms with Crippen molar-refractivity contribution in [3.63, 3.8) is 0 Å². The van der Waals surface area contributed by atoms with Crippen LogP contribution in [-0.4, -0.2) is 67.1 Å². The van der Waals surface area contributed by atoms with Crippen LogP contribution in [0.25, 0.3) is 0 Å². The molecule has 2 aliphatic heterocycles. The molecule has 5 nitrogen and oxygen atoms in total. The summed E-state index contributed by atoms with van der Waals surface area (Å²) in [4.78, 5) is 28.4. The van der Waals surface area contributed by atoms with E-state index in [1.807, 2.05) is 0 Å². The summed E-state index contributed by atoms with van der Waals surface area (Å²) in [5, 5.41) is 3.03. The summed E-state index contributed by atoms with van der Waals surface area (Å²) < 4.78 is 26.4. The van der Waals surface area contributed by atoms with Crippen molar-refractivity contribution in [2.75, 3.05) is 39.4 Å². The number of benzene rings is 1. The summed E-state index contributed by atoms with van der Waals surface area (Å²) in [6, 6.07) is 3.51. The van der Waals surface area contributed by atoms with Crippen molar-refractivity contribution in [1.82, 2.24) is 15.1 Å². The lowest BCUT2D eigenvalue weighted by Gasteiger charge is -2.33. The average Bonchev–Trinajstić information content (AvgIpc) is 3.15. The zero-order chi connectivity index (χ0) is 20.1. The van der Waals surface area contributed by atoms with Gasteiger partial charge in [-0.15, -0.1) is 0 Å². The summed E-state index contributed by atoms with van der Waals surface area (Å²) in [6.45, 7) is 2.56. The number of carbonyl (C=O) groups is 2. The van der Waals surface area contributed by atoms with Gasteiger partial charge in [0.15, 0.2) is 0 Å². The maximum Gasteiger partial charge on any atom is 0.251 e. The molecule has 0 radical (unpaired) electrons. The zero-order valence-electron chi connectivity index (χ0n) is 15.8. The molecule has 3 rings (SSSR count). The van der Waals surface area contributed by atoms with Gasteiger partial charge in [-0.05, 0) is 62.9 Å². The van der Waals surface area contributed by atoms with Crippen molar-refractivity contribution >= 4 is 23.4 Å².